The first-order valence-electron chi connectivity index (χ1n) is 13.1. The molecule has 5 rings (SSSR count). The Bertz CT molecular complexity index is 1250. The summed E-state index contributed by atoms with van der Waals surface area (Å²) in [6, 6.07) is 16.3. The van der Waals surface area contributed by atoms with Crippen LogP contribution in [0.2, 0.25) is 25.7 Å². The standard InChI is InChI=1S/C30H37NO3SSi/c1-33-29(32)30(20-34-12-13-36(2,3)4)16-23-14-24-18-31-27(22-10-11-22)15-25(24)28(26(23)17-30)35-19-21-8-6-5-7-9-21/h5-9,14-15,18,22H,10-13,16-17,19-20H2,1-4H3. The number of ether oxygens (including phenoxy) is 2. The Balaban J connectivity index is 1.50. The van der Waals surface area contributed by atoms with Crippen molar-refractivity contribution < 1.29 is 14.3 Å². The second-order valence-electron chi connectivity index (χ2n) is 11.7. The van der Waals surface area contributed by atoms with E-state index in [0.717, 1.165) is 17.2 Å². The third-order valence-corrected chi connectivity index (χ3v) is 10.4. The smallest absolute Gasteiger partial charge is 0.314 e. The average Bonchev–Trinajstić information content (AvgIpc) is 3.65. The van der Waals surface area contributed by atoms with Crippen LogP contribution in [0.1, 0.15) is 41.1 Å². The Morgan fingerprint density at radius 1 is 1.14 bits per heavy atom. The Hall–Kier alpha value is -2.15. The summed E-state index contributed by atoms with van der Waals surface area (Å²) >= 11 is 1.89. The molecule has 0 amide bonds. The summed E-state index contributed by atoms with van der Waals surface area (Å²) < 4.78 is 11.6. The van der Waals surface area contributed by atoms with Crippen LogP contribution in [0.5, 0.6) is 0 Å². The molecule has 190 valence electrons. The SMILES string of the molecule is COC(=O)C1(COCC[Si](C)(C)C)Cc2cc3cnc(C4CC4)cc3c(SCc3ccccc3)c2C1. The van der Waals surface area contributed by atoms with E-state index < -0.39 is 13.5 Å². The largest absolute Gasteiger partial charge is 0.469 e. The molecular formula is C30H37NO3SSi. The molecule has 4 nitrogen and oxygen atoms in total. The minimum absolute atomic E-state index is 0.161. The van der Waals surface area contributed by atoms with E-state index in [4.69, 9.17) is 14.5 Å². The number of benzene rings is 2. The van der Waals surface area contributed by atoms with Crippen molar-refractivity contribution in [2.24, 2.45) is 5.41 Å². The maximum atomic E-state index is 13.2. The normalized spacial score (nSPS) is 19.4. The molecule has 1 unspecified atom stereocenters. The van der Waals surface area contributed by atoms with Crippen LogP contribution in [0.25, 0.3) is 10.8 Å². The number of pyridine rings is 1. The zero-order chi connectivity index (χ0) is 25.3. The van der Waals surface area contributed by atoms with Crippen molar-refractivity contribution in [3.05, 3.63) is 71.0 Å². The minimum Gasteiger partial charge on any atom is -0.469 e. The molecule has 0 aliphatic heterocycles. The molecule has 0 spiro atoms. The fourth-order valence-corrected chi connectivity index (χ4v) is 7.13. The molecule has 1 saturated carbocycles. The summed E-state index contributed by atoms with van der Waals surface area (Å²) in [5.41, 5.74) is 4.37. The van der Waals surface area contributed by atoms with E-state index in [1.807, 2.05) is 18.0 Å². The van der Waals surface area contributed by atoms with E-state index >= 15 is 0 Å². The van der Waals surface area contributed by atoms with Gasteiger partial charge in [-0.05, 0) is 65.9 Å². The van der Waals surface area contributed by atoms with Crippen molar-refractivity contribution in [2.75, 3.05) is 20.3 Å². The van der Waals surface area contributed by atoms with Crippen LogP contribution in [0, 0.1) is 5.41 Å². The second-order valence-corrected chi connectivity index (χ2v) is 18.3. The molecule has 1 aromatic heterocycles. The lowest BCUT2D eigenvalue weighted by Gasteiger charge is -2.26. The van der Waals surface area contributed by atoms with Gasteiger partial charge in [-0.1, -0.05) is 50.0 Å². The van der Waals surface area contributed by atoms with Gasteiger partial charge in [-0.2, -0.15) is 0 Å². The van der Waals surface area contributed by atoms with Crippen molar-refractivity contribution in [3.63, 3.8) is 0 Å². The molecule has 0 bridgehead atoms. The van der Waals surface area contributed by atoms with E-state index in [-0.39, 0.29) is 5.97 Å². The quantitative estimate of drug-likeness (QED) is 0.125. The lowest BCUT2D eigenvalue weighted by Crippen LogP contribution is -2.38. The van der Waals surface area contributed by atoms with Crippen molar-refractivity contribution in [2.45, 2.75) is 67.9 Å². The lowest BCUT2D eigenvalue weighted by molar-refractivity contribution is -0.156. The van der Waals surface area contributed by atoms with Gasteiger partial charge in [0, 0.05) is 48.5 Å². The summed E-state index contributed by atoms with van der Waals surface area (Å²) in [6.07, 6.45) is 5.82. The summed E-state index contributed by atoms with van der Waals surface area (Å²) in [5.74, 6) is 1.33. The van der Waals surface area contributed by atoms with Gasteiger partial charge < -0.3 is 9.47 Å². The molecule has 1 atom stereocenters. The number of hydrogen-bond donors (Lipinski definition) is 0. The Labute approximate surface area is 220 Å². The van der Waals surface area contributed by atoms with Crippen molar-refractivity contribution in [1.29, 1.82) is 0 Å². The number of fused-ring (bicyclic) bond motifs is 2. The summed E-state index contributed by atoms with van der Waals surface area (Å²) in [6.45, 7) is 8.16. The lowest BCUT2D eigenvalue weighted by atomic mass is 9.85. The number of carbonyl (C=O) groups excluding carboxylic acids is 1. The molecule has 6 heteroatoms. The van der Waals surface area contributed by atoms with Crippen LogP contribution in [0.3, 0.4) is 0 Å². The van der Waals surface area contributed by atoms with Gasteiger partial charge in [0.2, 0.25) is 0 Å². The van der Waals surface area contributed by atoms with Gasteiger partial charge in [0.25, 0.3) is 0 Å². The zero-order valence-corrected chi connectivity index (χ0v) is 23.7. The van der Waals surface area contributed by atoms with Gasteiger partial charge in [-0.15, -0.1) is 11.8 Å². The van der Waals surface area contributed by atoms with Crippen LogP contribution >= 0.6 is 11.8 Å². The number of thioether (sulfide) groups is 1. The Morgan fingerprint density at radius 3 is 2.61 bits per heavy atom. The molecular weight excluding hydrogens is 482 g/mol. The minimum atomic E-state index is -1.20. The highest BCUT2D eigenvalue weighted by atomic mass is 32.2. The van der Waals surface area contributed by atoms with Crippen LogP contribution in [0.15, 0.2) is 53.6 Å². The van der Waals surface area contributed by atoms with Gasteiger partial charge >= 0.3 is 5.97 Å². The van der Waals surface area contributed by atoms with Crippen molar-refractivity contribution in [3.8, 4) is 0 Å². The monoisotopic (exact) mass is 519 g/mol. The van der Waals surface area contributed by atoms with E-state index in [9.17, 15) is 4.79 Å². The number of aromatic nitrogens is 1. The molecule has 0 radical (unpaired) electrons. The average molecular weight is 520 g/mol. The molecule has 0 N–H and O–H groups in total. The molecule has 0 saturated heterocycles. The maximum Gasteiger partial charge on any atom is 0.314 e. The first kappa shape index (κ1) is 25.5. The summed E-state index contributed by atoms with van der Waals surface area (Å²) in [4.78, 5) is 19.3. The highest BCUT2D eigenvalue weighted by Gasteiger charge is 2.46. The number of carbonyl (C=O) groups is 1. The van der Waals surface area contributed by atoms with Gasteiger partial charge in [0.05, 0.1) is 19.1 Å². The number of hydrogen-bond acceptors (Lipinski definition) is 5. The van der Waals surface area contributed by atoms with E-state index in [1.54, 1.807) is 0 Å². The maximum absolute atomic E-state index is 13.2. The molecule has 2 aromatic carbocycles. The topological polar surface area (TPSA) is 48.4 Å². The first-order valence-corrected chi connectivity index (χ1v) is 17.7. The molecule has 2 aliphatic carbocycles. The van der Waals surface area contributed by atoms with Gasteiger partial charge in [-0.25, -0.2) is 0 Å². The number of esters is 1. The van der Waals surface area contributed by atoms with Gasteiger partial charge in [-0.3, -0.25) is 9.78 Å². The van der Waals surface area contributed by atoms with E-state index in [0.29, 0.717) is 32.0 Å². The Morgan fingerprint density at radius 2 is 1.92 bits per heavy atom. The molecule has 3 aromatic rings. The third-order valence-electron chi connectivity index (χ3n) is 7.45. The predicted octanol–water partition coefficient (Wildman–Crippen LogP) is 7.02. The zero-order valence-electron chi connectivity index (χ0n) is 21.9. The number of nitrogens with zero attached hydrogens (tertiary/aromatic N) is 1. The second kappa shape index (κ2) is 10.3. The third kappa shape index (κ3) is 5.56. The molecule has 2 aliphatic rings. The van der Waals surface area contributed by atoms with E-state index in [1.165, 1.54) is 52.6 Å². The fraction of sp³-hybridized carbons (Fsp3) is 0.467. The van der Waals surface area contributed by atoms with Crippen molar-refractivity contribution in [1.82, 2.24) is 4.98 Å². The summed E-state index contributed by atoms with van der Waals surface area (Å²) in [7, 11) is 0.299. The van der Waals surface area contributed by atoms with E-state index in [2.05, 4.69) is 62.1 Å². The number of rotatable bonds is 10. The first-order chi connectivity index (χ1) is 17.3. The van der Waals surface area contributed by atoms with Crippen LogP contribution < -0.4 is 0 Å². The summed E-state index contributed by atoms with van der Waals surface area (Å²) in [5, 5.41) is 2.43. The fourth-order valence-electron chi connectivity index (χ4n) is 5.16. The molecule has 36 heavy (non-hydrogen) atoms. The molecule has 1 heterocycles. The van der Waals surface area contributed by atoms with Crippen molar-refractivity contribution >= 4 is 36.6 Å². The predicted molar refractivity (Wildman–Crippen MR) is 151 cm³/mol. The highest BCUT2D eigenvalue weighted by Crippen LogP contribution is 2.47. The van der Waals surface area contributed by atoms with Gasteiger partial charge in [0.1, 0.15) is 0 Å². The Kier molecular flexibility index (Phi) is 7.30. The van der Waals surface area contributed by atoms with Gasteiger partial charge in [0.15, 0.2) is 0 Å². The van der Waals surface area contributed by atoms with Crippen LogP contribution in [-0.4, -0.2) is 39.4 Å². The molecule has 1 fully saturated rings. The number of methoxy groups -OCH3 is 1. The highest BCUT2D eigenvalue weighted by molar-refractivity contribution is 7.98. The van der Waals surface area contributed by atoms with Crippen LogP contribution in [-0.2, 0) is 32.9 Å². The van der Waals surface area contributed by atoms with Crippen LogP contribution in [0.4, 0.5) is 0 Å².